The van der Waals surface area contributed by atoms with Crippen LogP contribution < -0.4 is 0 Å². The lowest BCUT2D eigenvalue weighted by Crippen LogP contribution is -2.12. The Bertz CT molecular complexity index is 342. The second-order valence-corrected chi connectivity index (χ2v) is 3.78. The Morgan fingerprint density at radius 2 is 1.67 bits per heavy atom. The van der Waals surface area contributed by atoms with E-state index < -0.39 is 11.8 Å². The third-order valence-corrected chi connectivity index (χ3v) is 2.24. The van der Waals surface area contributed by atoms with Gasteiger partial charge in [0.1, 0.15) is 0 Å². The molecule has 0 heterocycles. The lowest BCUT2D eigenvalue weighted by Gasteiger charge is -1.91. The van der Waals surface area contributed by atoms with Crippen molar-refractivity contribution in [2.75, 3.05) is 6.61 Å². The Hall–Kier alpha value is -1.68. The van der Waals surface area contributed by atoms with Gasteiger partial charge in [-0.25, -0.2) is 4.79 Å². The van der Waals surface area contributed by atoms with E-state index >= 15 is 0 Å². The molecule has 2 N–H and O–H groups in total. The van der Waals surface area contributed by atoms with E-state index in [9.17, 15) is 9.59 Å². The molecular weight excluding hydrogens is 232 g/mol. The van der Waals surface area contributed by atoms with E-state index in [1.165, 1.54) is 31.4 Å². The van der Waals surface area contributed by atoms with E-state index in [2.05, 4.69) is 6.92 Å². The fourth-order valence-corrected chi connectivity index (χ4v) is 1.25. The highest BCUT2D eigenvalue weighted by Crippen LogP contribution is 1.99. The number of aliphatic hydroxyl groups excluding tert-OH is 1. The van der Waals surface area contributed by atoms with Crippen molar-refractivity contribution in [3.8, 4) is 0 Å². The van der Waals surface area contributed by atoms with E-state index in [0.29, 0.717) is 6.61 Å². The summed E-state index contributed by atoms with van der Waals surface area (Å²) in [6, 6.07) is 7.90. The summed E-state index contributed by atoms with van der Waals surface area (Å²) in [5, 5.41) is 16.6. The van der Waals surface area contributed by atoms with Gasteiger partial charge in [0.2, 0.25) is 0 Å². The van der Waals surface area contributed by atoms with Crippen LogP contribution in [0.5, 0.6) is 0 Å². The summed E-state index contributed by atoms with van der Waals surface area (Å²) in [7, 11) is 0. The molecule has 0 spiro atoms. The first-order valence-corrected chi connectivity index (χ1v) is 6.07. The molecule has 0 amide bonds. The Balaban J connectivity index is 0.000000360. The molecule has 1 rings (SSSR count). The lowest BCUT2D eigenvalue weighted by atomic mass is 10.1. The third-order valence-electron chi connectivity index (χ3n) is 2.24. The Morgan fingerprint density at radius 1 is 1.06 bits per heavy atom. The zero-order valence-corrected chi connectivity index (χ0v) is 10.6. The maximum absolute atomic E-state index is 10.7. The van der Waals surface area contributed by atoms with E-state index in [0.717, 1.165) is 6.42 Å². The molecule has 0 aliphatic rings. The Labute approximate surface area is 107 Å². The van der Waals surface area contributed by atoms with Crippen molar-refractivity contribution in [1.29, 1.82) is 0 Å². The van der Waals surface area contributed by atoms with Crippen molar-refractivity contribution in [1.82, 2.24) is 0 Å². The first kappa shape index (κ1) is 16.3. The van der Waals surface area contributed by atoms with Crippen molar-refractivity contribution < 1.29 is 19.8 Å². The van der Waals surface area contributed by atoms with Gasteiger partial charge in [0.25, 0.3) is 5.78 Å². The standard InChI is InChI=1S/C8H6O3.C6H14O/c9-7(8(10)11)6-4-2-1-3-5-6;1-2-3-4-5-6-7/h1-5H,(H,10,11);7H,2-6H2,1H3. The molecule has 0 fully saturated rings. The van der Waals surface area contributed by atoms with Crippen molar-refractivity contribution in [3.05, 3.63) is 35.9 Å². The van der Waals surface area contributed by atoms with Crippen LogP contribution in [-0.4, -0.2) is 28.6 Å². The highest BCUT2D eigenvalue weighted by atomic mass is 16.4. The molecule has 18 heavy (non-hydrogen) atoms. The number of aliphatic hydroxyl groups is 1. The molecule has 1 aromatic rings. The zero-order valence-electron chi connectivity index (χ0n) is 10.6. The van der Waals surface area contributed by atoms with Crippen LogP contribution in [0, 0.1) is 0 Å². The van der Waals surface area contributed by atoms with E-state index in [-0.39, 0.29) is 5.56 Å². The number of hydrogen-bond donors (Lipinski definition) is 2. The first-order valence-electron chi connectivity index (χ1n) is 6.07. The summed E-state index contributed by atoms with van der Waals surface area (Å²) < 4.78 is 0. The molecule has 100 valence electrons. The third kappa shape index (κ3) is 7.57. The maximum Gasteiger partial charge on any atom is 0.377 e. The average molecular weight is 252 g/mol. The summed E-state index contributed by atoms with van der Waals surface area (Å²) in [6.45, 7) is 2.53. The number of carbonyl (C=O) groups is 2. The summed E-state index contributed by atoms with van der Waals surface area (Å²) in [5.74, 6) is -2.29. The molecule has 0 atom stereocenters. The topological polar surface area (TPSA) is 74.6 Å². The second kappa shape index (κ2) is 10.5. The highest BCUT2D eigenvalue weighted by Gasteiger charge is 2.12. The van der Waals surface area contributed by atoms with Gasteiger partial charge in [0, 0.05) is 12.2 Å². The molecule has 0 aliphatic heterocycles. The van der Waals surface area contributed by atoms with Crippen LogP contribution in [0.15, 0.2) is 30.3 Å². The fourth-order valence-electron chi connectivity index (χ4n) is 1.25. The minimum atomic E-state index is -1.42. The van der Waals surface area contributed by atoms with Gasteiger partial charge >= 0.3 is 5.97 Å². The van der Waals surface area contributed by atoms with Crippen LogP contribution in [0.1, 0.15) is 43.0 Å². The monoisotopic (exact) mass is 252 g/mol. The van der Waals surface area contributed by atoms with Crippen LogP contribution >= 0.6 is 0 Å². The average Bonchev–Trinajstić information content (AvgIpc) is 2.40. The number of benzene rings is 1. The first-order chi connectivity index (χ1) is 8.63. The van der Waals surface area contributed by atoms with E-state index in [4.69, 9.17) is 10.2 Å². The molecular formula is C14H20O4. The summed E-state index contributed by atoms with van der Waals surface area (Å²) in [6.07, 6.45) is 4.68. The molecule has 0 radical (unpaired) electrons. The van der Waals surface area contributed by atoms with Gasteiger partial charge in [-0.05, 0) is 6.42 Å². The molecule has 4 nitrogen and oxygen atoms in total. The van der Waals surface area contributed by atoms with Gasteiger partial charge in [0.15, 0.2) is 0 Å². The number of ketones is 1. The van der Waals surface area contributed by atoms with Gasteiger partial charge in [-0.15, -0.1) is 0 Å². The van der Waals surface area contributed by atoms with E-state index in [1.54, 1.807) is 18.2 Å². The zero-order chi connectivity index (χ0) is 13.8. The number of carboxylic acids is 1. The summed E-state index contributed by atoms with van der Waals surface area (Å²) in [4.78, 5) is 20.9. The number of rotatable bonds is 6. The molecule has 0 aromatic heterocycles. The van der Waals surface area contributed by atoms with Crippen molar-refractivity contribution in [2.45, 2.75) is 32.6 Å². The second-order valence-electron chi connectivity index (χ2n) is 3.78. The molecule has 0 aliphatic carbocycles. The van der Waals surface area contributed by atoms with Gasteiger partial charge in [-0.1, -0.05) is 56.5 Å². The Morgan fingerprint density at radius 3 is 2.11 bits per heavy atom. The number of carbonyl (C=O) groups excluding carboxylic acids is 1. The normalized spacial score (nSPS) is 9.22. The smallest absolute Gasteiger partial charge is 0.377 e. The van der Waals surface area contributed by atoms with Gasteiger partial charge in [-0.3, -0.25) is 4.79 Å². The molecule has 1 aromatic carbocycles. The van der Waals surface area contributed by atoms with Crippen molar-refractivity contribution in [2.24, 2.45) is 0 Å². The quantitative estimate of drug-likeness (QED) is 0.463. The molecule has 0 unspecified atom stereocenters. The largest absolute Gasteiger partial charge is 0.475 e. The highest BCUT2D eigenvalue weighted by molar-refractivity contribution is 6.39. The number of carboxylic acid groups (broad SMARTS) is 1. The summed E-state index contributed by atoms with van der Waals surface area (Å²) >= 11 is 0. The van der Waals surface area contributed by atoms with Crippen LogP contribution in [0.4, 0.5) is 0 Å². The van der Waals surface area contributed by atoms with Gasteiger partial charge < -0.3 is 10.2 Å². The minimum absolute atomic E-state index is 0.208. The van der Waals surface area contributed by atoms with Crippen molar-refractivity contribution in [3.63, 3.8) is 0 Å². The molecule has 0 bridgehead atoms. The molecule has 0 saturated carbocycles. The van der Waals surface area contributed by atoms with Crippen LogP contribution in [-0.2, 0) is 4.79 Å². The van der Waals surface area contributed by atoms with Crippen LogP contribution in [0.25, 0.3) is 0 Å². The molecule has 0 saturated heterocycles. The van der Waals surface area contributed by atoms with Crippen LogP contribution in [0.3, 0.4) is 0 Å². The molecule has 4 heteroatoms. The van der Waals surface area contributed by atoms with Gasteiger partial charge in [0.05, 0.1) is 0 Å². The summed E-state index contributed by atoms with van der Waals surface area (Å²) in [5.41, 5.74) is 0.208. The Kier molecular flexibility index (Phi) is 9.50. The van der Waals surface area contributed by atoms with E-state index in [1.807, 2.05) is 0 Å². The van der Waals surface area contributed by atoms with Gasteiger partial charge in [-0.2, -0.15) is 0 Å². The number of Topliss-reactive ketones (excluding diaryl/α,β-unsaturated/α-hetero) is 1. The predicted octanol–water partition coefficient (Wildman–Crippen LogP) is 2.51. The lowest BCUT2D eigenvalue weighted by molar-refractivity contribution is -0.131. The fraction of sp³-hybridized carbons (Fsp3) is 0.429. The SMILES string of the molecule is CCCCCCO.O=C(O)C(=O)c1ccccc1. The van der Waals surface area contributed by atoms with Crippen LogP contribution in [0.2, 0.25) is 0 Å². The van der Waals surface area contributed by atoms with Crippen molar-refractivity contribution >= 4 is 11.8 Å². The minimum Gasteiger partial charge on any atom is -0.475 e. The number of aliphatic carboxylic acids is 1. The predicted molar refractivity (Wildman–Crippen MR) is 69.6 cm³/mol. The maximum atomic E-state index is 10.7. The number of hydrogen-bond acceptors (Lipinski definition) is 3. The number of unbranched alkanes of at least 4 members (excludes halogenated alkanes) is 3.